The molecular weight excluding hydrogens is 424 g/mol. The topological polar surface area (TPSA) is 92.3 Å². The molecule has 2 amide bonds. The summed E-state index contributed by atoms with van der Waals surface area (Å²) in [6.07, 6.45) is 4.92. The average molecular weight is 449 g/mol. The molecule has 160 valence electrons. The van der Waals surface area contributed by atoms with Crippen LogP contribution in [-0.2, 0) is 14.6 Å². The summed E-state index contributed by atoms with van der Waals surface area (Å²) in [5.74, 6) is -0.582. The van der Waals surface area contributed by atoms with Gasteiger partial charge in [0.2, 0.25) is 15.7 Å². The Labute approximate surface area is 181 Å². The maximum absolute atomic E-state index is 13.2. The third-order valence-corrected chi connectivity index (χ3v) is 7.18. The zero-order chi connectivity index (χ0) is 21.7. The Morgan fingerprint density at radius 2 is 1.73 bits per heavy atom. The Bertz CT molecular complexity index is 1030. The number of hydrogen-bond donors (Lipinski definition) is 2. The molecule has 3 rings (SSSR count). The number of halogens is 1. The lowest BCUT2D eigenvalue weighted by atomic mass is 10.1. The van der Waals surface area contributed by atoms with E-state index < -0.39 is 9.84 Å². The summed E-state index contributed by atoms with van der Waals surface area (Å²) >= 11 is 5.87. The first kappa shape index (κ1) is 22.3. The summed E-state index contributed by atoms with van der Waals surface area (Å²) in [4.78, 5) is 24.8. The molecule has 0 bridgehead atoms. The molecule has 2 aromatic carbocycles. The zero-order valence-corrected chi connectivity index (χ0v) is 18.4. The van der Waals surface area contributed by atoms with E-state index in [-0.39, 0.29) is 39.8 Å². The van der Waals surface area contributed by atoms with Gasteiger partial charge in [0, 0.05) is 23.0 Å². The molecule has 0 spiro atoms. The Morgan fingerprint density at radius 1 is 1.07 bits per heavy atom. The Hall–Kier alpha value is -2.38. The molecule has 2 aromatic rings. The molecular formula is C22H25ClN2O4S. The van der Waals surface area contributed by atoms with Gasteiger partial charge in [-0.15, -0.1) is 0 Å². The molecule has 30 heavy (non-hydrogen) atoms. The quantitative estimate of drug-likeness (QED) is 0.648. The third kappa shape index (κ3) is 5.21. The summed E-state index contributed by atoms with van der Waals surface area (Å²) in [6, 6.07) is 10.2. The lowest BCUT2D eigenvalue weighted by Gasteiger charge is -2.16. The number of anilines is 1. The van der Waals surface area contributed by atoms with E-state index in [1.54, 1.807) is 0 Å². The van der Waals surface area contributed by atoms with Crippen molar-refractivity contribution in [2.24, 2.45) is 0 Å². The monoisotopic (exact) mass is 448 g/mol. The predicted molar refractivity (Wildman–Crippen MR) is 117 cm³/mol. The number of rotatable bonds is 7. The van der Waals surface area contributed by atoms with Crippen molar-refractivity contribution in [3.63, 3.8) is 0 Å². The Kier molecular flexibility index (Phi) is 7.15. The number of nitrogens with one attached hydrogen (secondary N) is 2. The van der Waals surface area contributed by atoms with Crippen LogP contribution in [0, 0.1) is 0 Å². The van der Waals surface area contributed by atoms with Crippen LogP contribution >= 0.6 is 11.6 Å². The summed E-state index contributed by atoms with van der Waals surface area (Å²) in [7, 11) is -3.92. The van der Waals surface area contributed by atoms with Gasteiger partial charge in [-0.2, -0.15) is 0 Å². The summed E-state index contributed by atoms with van der Waals surface area (Å²) < 4.78 is 26.3. The van der Waals surface area contributed by atoms with Gasteiger partial charge < -0.3 is 10.6 Å². The average Bonchev–Trinajstić information content (AvgIpc) is 3.21. The molecule has 0 saturated heterocycles. The van der Waals surface area contributed by atoms with Gasteiger partial charge >= 0.3 is 0 Å². The molecule has 0 unspecified atom stereocenters. The predicted octanol–water partition coefficient (Wildman–Crippen LogP) is 4.58. The van der Waals surface area contributed by atoms with E-state index in [9.17, 15) is 18.0 Å². The maximum Gasteiger partial charge on any atom is 0.251 e. The molecule has 1 aliphatic carbocycles. The van der Waals surface area contributed by atoms with Crippen molar-refractivity contribution in [2.75, 3.05) is 5.32 Å². The van der Waals surface area contributed by atoms with Gasteiger partial charge in [0.15, 0.2) is 0 Å². The second kappa shape index (κ2) is 9.62. The lowest BCUT2D eigenvalue weighted by Crippen LogP contribution is -2.32. The highest BCUT2D eigenvalue weighted by Gasteiger charge is 2.25. The molecule has 0 atom stereocenters. The highest BCUT2D eigenvalue weighted by atomic mass is 35.5. The van der Waals surface area contributed by atoms with E-state index in [4.69, 9.17) is 11.6 Å². The lowest BCUT2D eigenvalue weighted by molar-refractivity contribution is -0.116. The molecule has 0 aliphatic heterocycles. The van der Waals surface area contributed by atoms with Crippen molar-refractivity contribution < 1.29 is 18.0 Å². The van der Waals surface area contributed by atoms with Crippen molar-refractivity contribution in [1.82, 2.24) is 5.32 Å². The summed E-state index contributed by atoms with van der Waals surface area (Å²) in [6.45, 7) is 1.86. The first-order valence-corrected chi connectivity index (χ1v) is 11.9. The number of hydrogen-bond acceptors (Lipinski definition) is 4. The molecule has 1 fully saturated rings. The highest BCUT2D eigenvalue weighted by molar-refractivity contribution is 7.91. The van der Waals surface area contributed by atoms with Gasteiger partial charge in [0.25, 0.3) is 5.91 Å². The molecule has 1 saturated carbocycles. The van der Waals surface area contributed by atoms with E-state index in [1.807, 2.05) is 6.92 Å². The fourth-order valence-corrected chi connectivity index (χ4v) is 5.04. The molecule has 6 nitrogen and oxygen atoms in total. The van der Waals surface area contributed by atoms with Crippen molar-refractivity contribution in [2.45, 2.75) is 61.3 Å². The van der Waals surface area contributed by atoms with Crippen LogP contribution in [0.2, 0.25) is 5.02 Å². The van der Waals surface area contributed by atoms with E-state index >= 15 is 0 Å². The fraction of sp³-hybridized carbons (Fsp3) is 0.364. The van der Waals surface area contributed by atoms with Gasteiger partial charge in [-0.25, -0.2) is 8.42 Å². The minimum Gasteiger partial charge on any atom is -0.349 e. The number of carbonyl (C=O) groups excluding carboxylic acids is 2. The molecule has 1 aliphatic rings. The molecule has 0 aromatic heterocycles. The first-order chi connectivity index (χ1) is 14.3. The third-order valence-electron chi connectivity index (χ3n) is 5.10. The molecule has 0 radical (unpaired) electrons. The standard InChI is InChI=1S/C22H25ClN2O4S/c1-2-5-21(26)25-19-14-15(22(27)24-17-6-3-4-7-17)8-13-20(19)30(28,29)18-11-9-16(23)10-12-18/h8-14,17H,2-7H2,1H3,(H,24,27)(H,25,26). The molecule has 2 N–H and O–H groups in total. The van der Waals surface area contributed by atoms with Crippen molar-refractivity contribution in [3.05, 3.63) is 53.1 Å². The van der Waals surface area contributed by atoms with Crippen molar-refractivity contribution in [1.29, 1.82) is 0 Å². The number of benzene rings is 2. The van der Waals surface area contributed by atoms with Crippen LogP contribution in [0.3, 0.4) is 0 Å². The van der Waals surface area contributed by atoms with E-state index in [2.05, 4.69) is 10.6 Å². The van der Waals surface area contributed by atoms with Crippen LogP contribution in [0.4, 0.5) is 5.69 Å². The first-order valence-electron chi connectivity index (χ1n) is 10.1. The van der Waals surface area contributed by atoms with Crippen LogP contribution in [0.5, 0.6) is 0 Å². The SMILES string of the molecule is CCCC(=O)Nc1cc(C(=O)NC2CCCC2)ccc1S(=O)(=O)c1ccc(Cl)cc1. The van der Waals surface area contributed by atoms with Gasteiger partial charge in [0.1, 0.15) is 0 Å². The van der Waals surface area contributed by atoms with Crippen LogP contribution in [0.15, 0.2) is 52.3 Å². The number of amides is 2. The summed E-state index contributed by atoms with van der Waals surface area (Å²) in [5, 5.41) is 6.07. The second-order valence-corrected chi connectivity index (χ2v) is 9.78. The van der Waals surface area contributed by atoms with Crippen LogP contribution in [0.25, 0.3) is 0 Å². The largest absolute Gasteiger partial charge is 0.349 e. The Morgan fingerprint density at radius 3 is 2.37 bits per heavy atom. The molecule has 8 heteroatoms. The van der Waals surface area contributed by atoms with E-state index in [0.717, 1.165) is 25.7 Å². The van der Waals surface area contributed by atoms with Gasteiger partial charge in [0.05, 0.1) is 15.5 Å². The highest BCUT2D eigenvalue weighted by Crippen LogP contribution is 2.30. The van der Waals surface area contributed by atoms with Crippen molar-refractivity contribution >= 4 is 38.9 Å². The normalized spacial score (nSPS) is 14.5. The molecule has 0 heterocycles. The summed E-state index contributed by atoms with van der Waals surface area (Å²) in [5.41, 5.74) is 0.409. The minimum atomic E-state index is -3.92. The minimum absolute atomic E-state index is 0.0565. The van der Waals surface area contributed by atoms with E-state index in [0.29, 0.717) is 17.0 Å². The zero-order valence-electron chi connectivity index (χ0n) is 16.8. The maximum atomic E-state index is 13.2. The van der Waals surface area contributed by atoms with Gasteiger partial charge in [-0.3, -0.25) is 9.59 Å². The fourth-order valence-electron chi connectivity index (χ4n) is 3.52. The smallest absolute Gasteiger partial charge is 0.251 e. The van der Waals surface area contributed by atoms with Crippen LogP contribution < -0.4 is 10.6 Å². The van der Waals surface area contributed by atoms with Gasteiger partial charge in [-0.05, 0) is 61.7 Å². The Balaban J connectivity index is 1.97. The van der Waals surface area contributed by atoms with Crippen molar-refractivity contribution in [3.8, 4) is 0 Å². The van der Waals surface area contributed by atoms with Crippen LogP contribution in [-0.4, -0.2) is 26.3 Å². The van der Waals surface area contributed by atoms with Gasteiger partial charge in [-0.1, -0.05) is 31.4 Å². The van der Waals surface area contributed by atoms with E-state index in [1.165, 1.54) is 42.5 Å². The number of sulfone groups is 1. The second-order valence-electron chi connectivity index (χ2n) is 7.42. The number of carbonyl (C=O) groups is 2. The van der Waals surface area contributed by atoms with Crippen LogP contribution in [0.1, 0.15) is 55.8 Å².